The number of hydrogen-bond acceptors (Lipinski definition) is 7. The predicted octanol–water partition coefficient (Wildman–Crippen LogP) is 0.551. The molecule has 9 nitrogen and oxygen atoms in total. The van der Waals surface area contributed by atoms with E-state index in [0.717, 1.165) is 18.8 Å². The molecule has 4 rings (SSSR count). The first kappa shape index (κ1) is 15.0. The standard InChI is InChI=1S/C15H20N8O/c1-9-10(5-22(2)21-9)6-23-3-4-24-11(7-23)14-19-13(16)12-15(20-14)18-8-17-12/h5,8,11H,3-4,6-7H2,1-2H3,(H3,16,17,18,19,20). The molecule has 1 atom stereocenters. The van der Waals surface area contributed by atoms with Crippen molar-refractivity contribution in [3.63, 3.8) is 0 Å². The Bertz CT molecular complexity index is 870. The van der Waals surface area contributed by atoms with Crippen LogP contribution in [-0.2, 0) is 18.3 Å². The highest BCUT2D eigenvalue weighted by atomic mass is 16.5. The van der Waals surface area contributed by atoms with Gasteiger partial charge in [0.25, 0.3) is 0 Å². The summed E-state index contributed by atoms with van der Waals surface area (Å²) in [6, 6.07) is 0. The molecule has 3 N–H and O–H groups in total. The predicted molar refractivity (Wildman–Crippen MR) is 88.0 cm³/mol. The van der Waals surface area contributed by atoms with E-state index >= 15 is 0 Å². The summed E-state index contributed by atoms with van der Waals surface area (Å²) in [4.78, 5) is 18.3. The van der Waals surface area contributed by atoms with E-state index in [9.17, 15) is 0 Å². The quantitative estimate of drug-likeness (QED) is 0.722. The zero-order chi connectivity index (χ0) is 16.7. The maximum Gasteiger partial charge on any atom is 0.183 e. The van der Waals surface area contributed by atoms with Crippen LogP contribution in [0.25, 0.3) is 11.2 Å². The SMILES string of the molecule is Cc1nn(C)cc1CN1CCOC(c2nc(N)c3[nH]cnc3n2)C1. The summed E-state index contributed by atoms with van der Waals surface area (Å²) >= 11 is 0. The van der Waals surface area contributed by atoms with Crippen LogP contribution in [0, 0.1) is 6.92 Å². The number of nitrogens with one attached hydrogen (secondary N) is 1. The van der Waals surface area contributed by atoms with Gasteiger partial charge in [-0.2, -0.15) is 5.10 Å². The third-order valence-electron chi connectivity index (χ3n) is 4.28. The van der Waals surface area contributed by atoms with Gasteiger partial charge in [-0.25, -0.2) is 15.0 Å². The summed E-state index contributed by atoms with van der Waals surface area (Å²) in [5.41, 5.74) is 9.50. The van der Waals surface area contributed by atoms with Crippen LogP contribution in [0.4, 0.5) is 5.82 Å². The molecule has 1 aliphatic heterocycles. The lowest BCUT2D eigenvalue weighted by atomic mass is 10.2. The zero-order valence-electron chi connectivity index (χ0n) is 13.7. The fourth-order valence-electron chi connectivity index (χ4n) is 3.06. The summed E-state index contributed by atoms with van der Waals surface area (Å²) in [6.45, 7) is 5.07. The van der Waals surface area contributed by atoms with E-state index in [-0.39, 0.29) is 6.10 Å². The van der Waals surface area contributed by atoms with E-state index in [2.05, 4.69) is 36.1 Å². The van der Waals surface area contributed by atoms with Crippen molar-refractivity contribution in [2.45, 2.75) is 19.6 Å². The molecule has 1 unspecified atom stereocenters. The van der Waals surface area contributed by atoms with Crippen molar-refractivity contribution >= 4 is 17.0 Å². The number of fused-ring (bicyclic) bond motifs is 1. The minimum atomic E-state index is -0.209. The molecule has 0 bridgehead atoms. The molecule has 9 heteroatoms. The van der Waals surface area contributed by atoms with Crippen LogP contribution in [0.1, 0.15) is 23.2 Å². The number of hydrogen-bond donors (Lipinski definition) is 2. The highest BCUT2D eigenvalue weighted by Crippen LogP contribution is 2.24. The molecule has 0 amide bonds. The molecular formula is C15H20N8O. The molecule has 0 aliphatic carbocycles. The van der Waals surface area contributed by atoms with Crippen molar-refractivity contribution in [1.29, 1.82) is 0 Å². The van der Waals surface area contributed by atoms with E-state index < -0.39 is 0 Å². The Morgan fingerprint density at radius 3 is 3.08 bits per heavy atom. The fraction of sp³-hybridized carbons (Fsp3) is 0.467. The molecule has 0 radical (unpaired) electrons. The number of nitrogens with two attached hydrogens (primary N) is 1. The Morgan fingerprint density at radius 2 is 2.29 bits per heavy atom. The van der Waals surface area contributed by atoms with Crippen LogP contribution in [0.5, 0.6) is 0 Å². The van der Waals surface area contributed by atoms with Crippen molar-refractivity contribution < 1.29 is 4.74 Å². The molecule has 1 aliphatic rings. The minimum absolute atomic E-state index is 0.209. The maximum absolute atomic E-state index is 5.99. The Labute approximate surface area is 138 Å². The second kappa shape index (κ2) is 5.84. The average Bonchev–Trinajstić information content (AvgIpc) is 3.14. The molecule has 3 aromatic rings. The molecule has 3 aromatic heterocycles. The number of nitrogen functional groups attached to an aromatic ring is 1. The zero-order valence-corrected chi connectivity index (χ0v) is 13.7. The van der Waals surface area contributed by atoms with Crippen molar-refractivity contribution in [2.24, 2.45) is 7.05 Å². The Hall–Kier alpha value is -2.52. The van der Waals surface area contributed by atoms with E-state index in [4.69, 9.17) is 10.5 Å². The number of H-pyrrole nitrogens is 1. The van der Waals surface area contributed by atoms with Gasteiger partial charge in [0.15, 0.2) is 17.3 Å². The van der Waals surface area contributed by atoms with Crippen LogP contribution in [0.3, 0.4) is 0 Å². The number of nitrogens with zero attached hydrogens (tertiary/aromatic N) is 6. The molecule has 4 heterocycles. The lowest BCUT2D eigenvalue weighted by Crippen LogP contribution is -2.38. The van der Waals surface area contributed by atoms with Crippen molar-refractivity contribution in [3.8, 4) is 0 Å². The topological polar surface area (TPSA) is 111 Å². The smallest absolute Gasteiger partial charge is 0.183 e. The van der Waals surface area contributed by atoms with Crippen LogP contribution >= 0.6 is 0 Å². The van der Waals surface area contributed by atoms with Gasteiger partial charge in [0, 0.05) is 38.4 Å². The fourth-order valence-corrected chi connectivity index (χ4v) is 3.06. The number of aromatic nitrogens is 6. The van der Waals surface area contributed by atoms with Crippen molar-refractivity contribution in [2.75, 3.05) is 25.4 Å². The van der Waals surface area contributed by atoms with Gasteiger partial charge < -0.3 is 15.5 Å². The van der Waals surface area contributed by atoms with Gasteiger partial charge >= 0.3 is 0 Å². The number of aryl methyl sites for hydroxylation is 2. The number of aromatic amines is 1. The lowest BCUT2D eigenvalue weighted by molar-refractivity contribution is -0.0370. The van der Waals surface area contributed by atoms with Gasteiger partial charge in [0.05, 0.1) is 18.6 Å². The Balaban J connectivity index is 1.54. The van der Waals surface area contributed by atoms with E-state index in [1.165, 1.54) is 5.56 Å². The molecule has 1 fully saturated rings. The lowest BCUT2D eigenvalue weighted by Gasteiger charge is -2.32. The number of ether oxygens (including phenoxy) is 1. The summed E-state index contributed by atoms with van der Waals surface area (Å²) in [7, 11) is 1.94. The molecular weight excluding hydrogens is 308 g/mol. The average molecular weight is 328 g/mol. The first-order valence-corrected chi connectivity index (χ1v) is 7.89. The second-order valence-corrected chi connectivity index (χ2v) is 6.08. The van der Waals surface area contributed by atoms with Crippen LogP contribution in [0.2, 0.25) is 0 Å². The van der Waals surface area contributed by atoms with E-state index in [1.54, 1.807) is 6.33 Å². The van der Waals surface area contributed by atoms with Crippen molar-refractivity contribution in [3.05, 3.63) is 29.6 Å². The van der Waals surface area contributed by atoms with Gasteiger partial charge in [-0.05, 0) is 6.92 Å². The number of imidazole rings is 1. The van der Waals surface area contributed by atoms with Gasteiger partial charge in [0.2, 0.25) is 0 Å². The first-order valence-electron chi connectivity index (χ1n) is 7.89. The van der Waals surface area contributed by atoms with Crippen molar-refractivity contribution in [1.82, 2.24) is 34.6 Å². The van der Waals surface area contributed by atoms with E-state index in [1.807, 2.05) is 18.7 Å². The summed E-state index contributed by atoms with van der Waals surface area (Å²) in [5, 5.41) is 4.40. The Kier molecular flexibility index (Phi) is 3.66. The molecule has 0 spiro atoms. The highest BCUT2D eigenvalue weighted by Gasteiger charge is 2.26. The van der Waals surface area contributed by atoms with Gasteiger partial charge in [-0.1, -0.05) is 0 Å². The number of morpholine rings is 1. The third kappa shape index (κ3) is 2.72. The molecule has 1 saturated heterocycles. The molecule has 0 aromatic carbocycles. The summed E-state index contributed by atoms with van der Waals surface area (Å²) < 4.78 is 7.71. The van der Waals surface area contributed by atoms with Crippen LogP contribution < -0.4 is 5.73 Å². The molecule has 0 saturated carbocycles. The second-order valence-electron chi connectivity index (χ2n) is 6.08. The minimum Gasteiger partial charge on any atom is -0.382 e. The number of rotatable bonds is 3. The maximum atomic E-state index is 5.99. The van der Waals surface area contributed by atoms with E-state index in [0.29, 0.717) is 36.0 Å². The summed E-state index contributed by atoms with van der Waals surface area (Å²) in [5.74, 6) is 0.982. The van der Waals surface area contributed by atoms with Crippen LogP contribution in [-0.4, -0.2) is 54.3 Å². The first-order chi connectivity index (χ1) is 11.6. The normalized spacial score (nSPS) is 19.2. The molecule has 24 heavy (non-hydrogen) atoms. The van der Waals surface area contributed by atoms with Gasteiger partial charge in [-0.15, -0.1) is 0 Å². The monoisotopic (exact) mass is 328 g/mol. The summed E-state index contributed by atoms with van der Waals surface area (Å²) in [6.07, 6.45) is 3.42. The third-order valence-corrected chi connectivity index (χ3v) is 4.28. The molecule has 126 valence electrons. The van der Waals surface area contributed by atoms with Crippen LogP contribution in [0.15, 0.2) is 12.5 Å². The van der Waals surface area contributed by atoms with Gasteiger partial charge in [-0.3, -0.25) is 9.58 Å². The highest BCUT2D eigenvalue weighted by molar-refractivity contribution is 5.80. The van der Waals surface area contributed by atoms with Gasteiger partial charge in [0.1, 0.15) is 11.6 Å². The largest absolute Gasteiger partial charge is 0.382 e. The Morgan fingerprint density at radius 1 is 1.42 bits per heavy atom. The number of anilines is 1.